The summed E-state index contributed by atoms with van der Waals surface area (Å²) in [7, 11) is -1.67. The number of benzene rings is 1. The summed E-state index contributed by atoms with van der Waals surface area (Å²) in [6.45, 7) is 2.27. The van der Waals surface area contributed by atoms with Gasteiger partial charge in [0.1, 0.15) is 5.75 Å². The first-order chi connectivity index (χ1) is 12.6. The summed E-state index contributed by atoms with van der Waals surface area (Å²) in [4.78, 5) is 3.29. The van der Waals surface area contributed by atoms with Gasteiger partial charge in [-0.25, -0.2) is 0 Å². The zero-order valence-electron chi connectivity index (χ0n) is 15.1. The van der Waals surface area contributed by atoms with Crippen LogP contribution >= 0.6 is 0 Å². The molecule has 7 heteroatoms. The first kappa shape index (κ1) is 17.6. The highest BCUT2D eigenvalue weighted by Crippen LogP contribution is 2.32. The molecule has 0 amide bonds. The summed E-state index contributed by atoms with van der Waals surface area (Å²) in [5, 5.41) is 1.11. The Morgan fingerprint density at radius 2 is 1.88 bits per heavy atom. The topological polar surface area (TPSA) is 65.6 Å². The van der Waals surface area contributed by atoms with E-state index in [0.29, 0.717) is 26.2 Å². The van der Waals surface area contributed by atoms with Gasteiger partial charge in [-0.05, 0) is 43.0 Å². The molecule has 2 aromatic rings. The fourth-order valence-electron chi connectivity index (χ4n) is 3.86. The van der Waals surface area contributed by atoms with E-state index in [4.69, 9.17) is 4.74 Å². The first-order valence-electron chi connectivity index (χ1n) is 9.19. The van der Waals surface area contributed by atoms with Crippen molar-refractivity contribution >= 4 is 26.7 Å². The number of hydrogen-bond donors (Lipinski definition) is 1. The molecule has 1 saturated heterocycles. The lowest BCUT2D eigenvalue weighted by molar-refractivity contribution is 0.309. The first-order valence-corrected chi connectivity index (χ1v) is 10.6. The second kappa shape index (κ2) is 7.06. The number of fused-ring (bicyclic) bond motifs is 1. The fourth-order valence-corrected chi connectivity index (χ4v) is 5.49. The molecule has 1 fully saturated rings. The molecule has 4 rings (SSSR count). The summed E-state index contributed by atoms with van der Waals surface area (Å²) < 4.78 is 34.2. The van der Waals surface area contributed by atoms with Gasteiger partial charge >= 0.3 is 0 Å². The molecule has 6 nitrogen and oxygen atoms in total. The van der Waals surface area contributed by atoms with E-state index in [9.17, 15) is 8.42 Å². The van der Waals surface area contributed by atoms with E-state index in [1.165, 1.54) is 5.57 Å². The standard InChI is InChI=1S/C19H25N3O3S/c1-25-16-5-6-19-17(13-16)18(14-20-19)15-7-11-22(12-8-15)26(23,24)21-9-3-2-4-10-21/h5-7,13-14,20H,2-4,8-12H2,1H3. The maximum Gasteiger partial charge on any atom is 0.282 e. The van der Waals surface area contributed by atoms with Crippen molar-refractivity contribution in [2.24, 2.45) is 0 Å². The smallest absolute Gasteiger partial charge is 0.282 e. The number of aromatic nitrogens is 1. The van der Waals surface area contributed by atoms with Gasteiger partial charge in [0.25, 0.3) is 10.2 Å². The Morgan fingerprint density at radius 1 is 1.08 bits per heavy atom. The Morgan fingerprint density at radius 3 is 2.58 bits per heavy atom. The number of nitrogens with one attached hydrogen (secondary N) is 1. The molecule has 1 aromatic heterocycles. The predicted molar refractivity (Wildman–Crippen MR) is 103 cm³/mol. The van der Waals surface area contributed by atoms with E-state index in [0.717, 1.165) is 47.9 Å². The number of H-pyrrole nitrogens is 1. The monoisotopic (exact) mass is 375 g/mol. The third-order valence-electron chi connectivity index (χ3n) is 5.37. The number of nitrogens with zero attached hydrogens (tertiary/aromatic N) is 2. The van der Waals surface area contributed by atoms with Gasteiger partial charge in [0.15, 0.2) is 0 Å². The Bertz CT molecular complexity index is 927. The lowest BCUT2D eigenvalue weighted by Gasteiger charge is -2.33. The fraction of sp³-hybridized carbons (Fsp3) is 0.474. The van der Waals surface area contributed by atoms with Crippen LogP contribution in [-0.4, -0.2) is 55.3 Å². The van der Waals surface area contributed by atoms with Crippen molar-refractivity contribution in [2.45, 2.75) is 25.7 Å². The van der Waals surface area contributed by atoms with E-state index in [1.807, 2.05) is 30.5 Å². The zero-order valence-corrected chi connectivity index (χ0v) is 15.9. The quantitative estimate of drug-likeness (QED) is 0.893. The van der Waals surface area contributed by atoms with Crippen LogP contribution < -0.4 is 4.74 Å². The Balaban J connectivity index is 1.56. The molecule has 0 radical (unpaired) electrons. The van der Waals surface area contributed by atoms with Crippen molar-refractivity contribution in [2.75, 3.05) is 33.3 Å². The summed E-state index contributed by atoms with van der Waals surface area (Å²) in [5.74, 6) is 0.823. The molecule has 0 unspecified atom stereocenters. The van der Waals surface area contributed by atoms with Crippen molar-refractivity contribution in [3.8, 4) is 5.75 Å². The van der Waals surface area contributed by atoms with Gasteiger partial charge in [-0.15, -0.1) is 0 Å². The van der Waals surface area contributed by atoms with Crippen molar-refractivity contribution in [3.63, 3.8) is 0 Å². The van der Waals surface area contributed by atoms with Gasteiger partial charge in [-0.1, -0.05) is 12.5 Å². The molecule has 2 aliphatic heterocycles. The Labute approximate surface area is 154 Å². The van der Waals surface area contributed by atoms with Crippen LogP contribution in [0.3, 0.4) is 0 Å². The maximum atomic E-state index is 12.8. The molecule has 26 heavy (non-hydrogen) atoms. The number of hydrogen-bond acceptors (Lipinski definition) is 3. The molecule has 0 spiro atoms. The van der Waals surface area contributed by atoms with E-state index in [2.05, 4.69) is 4.98 Å². The number of piperidine rings is 1. The molecule has 0 atom stereocenters. The Kier molecular flexibility index (Phi) is 4.77. The van der Waals surface area contributed by atoms with Crippen LogP contribution in [0.5, 0.6) is 5.75 Å². The van der Waals surface area contributed by atoms with Gasteiger partial charge in [0.2, 0.25) is 0 Å². The minimum atomic E-state index is -3.34. The Hall–Kier alpha value is -1.83. The second-order valence-electron chi connectivity index (χ2n) is 6.92. The van der Waals surface area contributed by atoms with Crippen LogP contribution in [0.1, 0.15) is 31.2 Å². The third kappa shape index (κ3) is 3.15. The summed E-state index contributed by atoms with van der Waals surface area (Å²) in [6.07, 6.45) is 7.83. The molecule has 2 aliphatic rings. The third-order valence-corrected chi connectivity index (χ3v) is 7.38. The molecule has 140 valence electrons. The number of aromatic amines is 1. The molecule has 1 N–H and O–H groups in total. The summed E-state index contributed by atoms with van der Waals surface area (Å²) in [5.41, 5.74) is 3.38. The molecule has 0 bridgehead atoms. The average Bonchev–Trinajstić information content (AvgIpc) is 3.12. The molecule has 1 aromatic carbocycles. The van der Waals surface area contributed by atoms with Crippen LogP contribution in [0, 0.1) is 0 Å². The largest absolute Gasteiger partial charge is 0.497 e. The van der Waals surface area contributed by atoms with E-state index in [-0.39, 0.29) is 0 Å². The van der Waals surface area contributed by atoms with Crippen molar-refractivity contribution < 1.29 is 13.2 Å². The van der Waals surface area contributed by atoms with Gasteiger partial charge in [-0.3, -0.25) is 0 Å². The highest BCUT2D eigenvalue weighted by Gasteiger charge is 2.31. The van der Waals surface area contributed by atoms with Crippen molar-refractivity contribution in [3.05, 3.63) is 36.0 Å². The van der Waals surface area contributed by atoms with Gasteiger partial charge in [-0.2, -0.15) is 17.0 Å². The average molecular weight is 375 g/mol. The van der Waals surface area contributed by atoms with Crippen LogP contribution in [0.25, 0.3) is 16.5 Å². The molecule has 0 aliphatic carbocycles. The lowest BCUT2D eigenvalue weighted by atomic mass is 9.99. The highest BCUT2D eigenvalue weighted by molar-refractivity contribution is 7.86. The lowest BCUT2D eigenvalue weighted by Crippen LogP contribution is -2.47. The zero-order chi connectivity index (χ0) is 18.1. The minimum absolute atomic E-state index is 0.435. The van der Waals surface area contributed by atoms with Crippen LogP contribution in [0.15, 0.2) is 30.5 Å². The van der Waals surface area contributed by atoms with Gasteiger partial charge < -0.3 is 9.72 Å². The van der Waals surface area contributed by atoms with Crippen molar-refractivity contribution in [1.82, 2.24) is 13.6 Å². The van der Waals surface area contributed by atoms with Crippen LogP contribution in [0.4, 0.5) is 0 Å². The molecular weight excluding hydrogens is 350 g/mol. The van der Waals surface area contributed by atoms with Crippen LogP contribution in [-0.2, 0) is 10.2 Å². The van der Waals surface area contributed by atoms with E-state index in [1.54, 1.807) is 15.7 Å². The van der Waals surface area contributed by atoms with Crippen molar-refractivity contribution in [1.29, 1.82) is 0 Å². The summed E-state index contributed by atoms with van der Waals surface area (Å²) >= 11 is 0. The molecule has 0 saturated carbocycles. The summed E-state index contributed by atoms with van der Waals surface area (Å²) in [6, 6.07) is 5.97. The highest BCUT2D eigenvalue weighted by atomic mass is 32.2. The molecular formula is C19H25N3O3S. The number of methoxy groups -OCH3 is 1. The second-order valence-corrected chi connectivity index (χ2v) is 8.85. The van der Waals surface area contributed by atoms with Gasteiger partial charge in [0.05, 0.1) is 7.11 Å². The predicted octanol–water partition coefficient (Wildman–Crippen LogP) is 3.00. The molecule has 3 heterocycles. The SMILES string of the molecule is COc1ccc2[nH]cc(C3=CCN(S(=O)(=O)N4CCCCC4)CC3)c2c1. The normalized spacial score (nSPS) is 20.3. The van der Waals surface area contributed by atoms with Gasteiger partial charge in [0, 0.05) is 48.8 Å². The number of ether oxygens (including phenoxy) is 1. The number of rotatable bonds is 4. The maximum absolute atomic E-state index is 12.8. The van der Waals surface area contributed by atoms with E-state index < -0.39 is 10.2 Å². The minimum Gasteiger partial charge on any atom is -0.497 e. The van der Waals surface area contributed by atoms with Crippen LogP contribution in [0.2, 0.25) is 0 Å². The van der Waals surface area contributed by atoms with E-state index >= 15 is 0 Å².